The average molecular weight is 459 g/mol. The SMILES string of the molecule is O=C(NC1CCC(C(F)(F)F)CC1)N1CCN(c2ncc(C(F)(F)F)cc2Cl)CC1. The van der Waals surface area contributed by atoms with Crippen LogP contribution in [0.2, 0.25) is 5.02 Å². The third-order valence-corrected chi connectivity index (χ3v) is 5.81. The summed E-state index contributed by atoms with van der Waals surface area (Å²) in [6.45, 7) is 1.24. The molecule has 1 aliphatic carbocycles. The molecule has 0 aromatic carbocycles. The highest BCUT2D eigenvalue weighted by molar-refractivity contribution is 6.33. The molecule has 1 saturated carbocycles. The number of amides is 2. The van der Waals surface area contributed by atoms with Crippen LogP contribution in [0, 0.1) is 5.92 Å². The van der Waals surface area contributed by atoms with E-state index in [4.69, 9.17) is 11.6 Å². The maximum absolute atomic E-state index is 12.7. The number of anilines is 1. The number of urea groups is 1. The van der Waals surface area contributed by atoms with Crippen molar-refractivity contribution < 1.29 is 31.1 Å². The molecular formula is C18H21ClF6N4O. The number of hydrogen-bond donors (Lipinski definition) is 1. The van der Waals surface area contributed by atoms with Gasteiger partial charge in [0, 0.05) is 38.4 Å². The Labute approximate surface area is 174 Å². The van der Waals surface area contributed by atoms with Crippen LogP contribution in [0.5, 0.6) is 0 Å². The van der Waals surface area contributed by atoms with Gasteiger partial charge in [0.1, 0.15) is 5.82 Å². The molecule has 0 bridgehead atoms. The summed E-state index contributed by atoms with van der Waals surface area (Å²) in [5.74, 6) is -1.09. The first-order valence-electron chi connectivity index (χ1n) is 9.55. The minimum atomic E-state index is -4.54. The van der Waals surface area contributed by atoms with Gasteiger partial charge in [0.05, 0.1) is 16.5 Å². The van der Waals surface area contributed by atoms with Gasteiger partial charge < -0.3 is 15.1 Å². The van der Waals surface area contributed by atoms with E-state index in [1.54, 1.807) is 4.90 Å². The second kappa shape index (κ2) is 8.68. The van der Waals surface area contributed by atoms with Gasteiger partial charge in [0.25, 0.3) is 0 Å². The predicted molar refractivity (Wildman–Crippen MR) is 98.4 cm³/mol. The fourth-order valence-electron chi connectivity index (χ4n) is 3.77. The molecule has 2 amide bonds. The molecule has 2 heterocycles. The maximum atomic E-state index is 12.7. The Balaban J connectivity index is 1.49. The summed E-state index contributed by atoms with van der Waals surface area (Å²) in [4.78, 5) is 19.5. The topological polar surface area (TPSA) is 48.5 Å². The molecule has 2 fully saturated rings. The van der Waals surface area contributed by atoms with Crippen LogP contribution in [0.4, 0.5) is 37.0 Å². The number of alkyl halides is 6. The summed E-state index contributed by atoms with van der Waals surface area (Å²) < 4.78 is 76.4. The zero-order valence-corrected chi connectivity index (χ0v) is 16.6. The normalized spacial score (nSPS) is 23.4. The first-order chi connectivity index (χ1) is 13.9. The van der Waals surface area contributed by atoms with Crippen molar-refractivity contribution in [1.29, 1.82) is 0 Å². The first-order valence-corrected chi connectivity index (χ1v) is 9.93. The van der Waals surface area contributed by atoms with Gasteiger partial charge in [-0.1, -0.05) is 11.6 Å². The maximum Gasteiger partial charge on any atom is 0.417 e. The number of nitrogens with one attached hydrogen (secondary N) is 1. The summed E-state index contributed by atoms with van der Waals surface area (Å²) in [6, 6.07) is 0.178. The lowest BCUT2D eigenvalue weighted by molar-refractivity contribution is -0.182. The second-order valence-corrected chi connectivity index (χ2v) is 7.95. The number of piperazine rings is 1. The Morgan fingerprint density at radius 3 is 2.13 bits per heavy atom. The second-order valence-electron chi connectivity index (χ2n) is 7.54. The van der Waals surface area contributed by atoms with E-state index < -0.39 is 23.8 Å². The Morgan fingerprint density at radius 1 is 1.03 bits per heavy atom. The number of rotatable bonds is 2. The van der Waals surface area contributed by atoms with Crippen molar-refractivity contribution in [1.82, 2.24) is 15.2 Å². The van der Waals surface area contributed by atoms with Crippen LogP contribution in [-0.2, 0) is 6.18 Å². The summed E-state index contributed by atoms with van der Waals surface area (Å²) in [6.07, 6.45) is -7.45. The highest BCUT2D eigenvalue weighted by Gasteiger charge is 2.41. The van der Waals surface area contributed by atoms with Gasteiger partial charge >= 0.3 is 18.4 Å². The van der Waals surface area contributed by atoms with Gasteiger partial charge in [-0.3, -0.25) is 0 Å². The molecule has 12 heteroatoms. The Morgan fingerprint density at radius 2 is 1.63 bits per heavy atom. The number of carbonyl (C=O) groups excluding carboxylic acids is 1. The molecule has 1 saturated heterocycles. The molecule has 1 aromatic heterocycles. The molecule has 0 spiro atoms. The van der Waals surface area contributed by atoms with Gasteiger partial charge in [0.15, 0.2) is 0 Å². The van der Waals surface area contributed by atoms with Crippen LogP contribution in [-0.4, -0.2) is 54.3 Å². The molecule has 0 unspecified atom stereocenters. The number of carbonyl (C=O) groups is 1. The van der Waals surface area contributed by atoms with Crippen molar-refractivity contribution in [2.45, 2.75) is 44.1 Å². The lowest BCUT2D eigenvalue weighted by Gasteiger charge is -2.37. The standard InChI is InChI=1S/C18H21ClF6N4O/c19-14-9-12(18(23,24)25)10-26-15(14)28-5-7-29(8-6-28)16(30)27-13-3-1-11(2-4-13)17(20,21)22/h9-11,13H,1-8H2,(H,27,30). The van der Waals surface area contributed by atoms with Gasteiger partial charge in [-0.05, 0) is 31.7 Å². The molecule has 1 N–H and O–H groups in total. The van der Waals surface area contributed by atoms with Gasteiger partial charge in [-0.25, -0.2) is 9.78 Å². The quantitative estimate of drug-likeness (QED) is 0.653. The van der Waals surface area contributed by atoms with E-state index in [0.717, 1.165) is 12.3 Å². The van der Waals surface area contributed by atoms with Crippen molar-refractivity contribution in [2.75, 3.05) is 31.1 Å². The molecule has 1 aromatic rings. The molecule has 5 nitrogen and oxygen atoms in total. The van der Waals surface area contributed by atoms with Crippen molar-refractivity contribution in [3.05, 3.63) is 22.8 Å². The summed E-state index contributed by atoms with van der Waals surface area (Å²) in [5, 5.41) is 2.66. The van der Waals surface area contributed by atoms with Crippen molar-refractivity contribution in [3.8, 4) is 0 Å². The van der Waals surface area contributed by atoms with Crippen LogP contribution in [0.25, 0.3) is 0 Å². The average Bonchev–Trinajstić information content (AvgIpc) is 2.67. The number of halogens is 7. The number of aromatic nitrogens is 1. The Bertz CT molecular complexity index is 756. The Kier molecular flexibility index (Phi) is 6.59. The van der Waals surface area contributed by atoms with E-state index in [0.29, 0.717) is 26.2 Å². The van der Waals surface area contributed by atoms with Gasteiger partial charge in [0.2, 0.25) is 0 Å². The smallest absolute Gasteiger partial charge is 0.352 e. The van der Waals surface area contributed by atoms with Crippen molar-refractivity contribution in [2.24, 2.45) is 5.92 Å². The highest BCUT2D eigenvalue weighted by Crippen LogP contribution is 2.37. The zero-order valence-electron chi connectivity index (χ0n) is 15.9. The highest BCUT2D eigenvalue weighted by atomic mass is 35.5. The summed E-state index contributed by atoms with van der Waals surface area (Å²) in [7, 11) is 0. The third kappa shape index (κ3) is 5.41. The lowest BCUT2D eigenvalue weighted by Crippen LogP contribution is -2.54. The fraction of sp³-hybridized carbons (Fsp3) is 0.667. The molecule has 2 aliphatic rings. The van der Waals surface area contributed by atoms with Crippen LogP contribution in [0.15, 0.2) is 12.3 Å². The zero-order chi connectivity index (χ0) is 22.1. The Hall–Kier alpha value is -1.91. The molecule has 0 atom stereocenters. The molecular weight excluding hydrogens is 438 g/mol. The molecule has 30 heavy (non-hydrogen) atoms. The van der Waals surface area contributed by atoms with E-state index in [2.05, 4.69) is 10.3 Å². The van der Waals surface area contributed by atoms with Crippen LogP contribution in [0.3, 0.4) is 0 Å². The monoisotopic (exact) mass is 458 g/mol. The van der Waals surface area contributed by atoms with Gasteiger partial charge in [-0.2, -0.15) is 26.3 Å². The number of hydrogen-bond acceptors (Lipinski definition) is 3. The lowest BCUT2D eigenvalue weighted by atomic mass is 9.85. The van der Waals surface area contributed by atoms with Crippen molar-refractivity contribution >= 4 is 23.4 Å². The molecule has 0 radical (unpaired) electrons. The van der Waals surface area contributed by atoms with E-state index in [1.807, 2.05) is 0 Å². The van der Waals surface area contributed by atoms with E-state index in [9.17, 15) is 31.1 Å². The molecule has 3 rings (SSSR count). The first kappa shape index (κ1) is 22.8. The minimum Gasteiger partial charge on any atom is -0.352 e. The molecule has 168 valence electrons. The third-order valence-electron chi connectivity index (χ3n) is 5.53. The summed E-state index contributed by atoms with van der Waals surface area (Å²) >= 11 is 5.96. The van der Waals surface area contributed by atoms with Crippen molar-refractivity contribution in [3.63, 3.8) is 0 Å². The largest absolute Gasteiger partial charge is 0.417 e. The summed E-state index contributed by atoms with van der Waals surface area (Å²) in [5.41, 5.74) is -0.936. The van der Waals surface area contributed by atoms with Crippen LogP contribution in [0.1, 0.15) is 31.2 Å². The van der Waals surface area contributed by atoms with Crippen LogP contribution < -0.4 is 10.2 Å². The fourth-order valence-corrected chi connectivity index (χ4v) is 4.06. The van der Waals surface area contributed by atoms with E-state index in [-0.39, 0.29) is 48.6 Å². The van der Waals surface area contributed by atoms with Crippen LogP contribution >= 0.6 is 11.6 Å². The van der Waals surface area contributed by atoms with E-state index >= 15 is 0 Å². The van der Waals surface area contributed by atoms with Gasteiger partial charge in [-0.15, -0.1) is 0 Å². The molecule has 1 aliphatic heterocycles. The number of nitrogens with zero attached hydrogens (tertiary/aromatic N) is 3. The minimum absolute atomic E-state index is 0.000312. The van der Waals surface area contributed by atoms with E-state index in [1.165, 1.54) is 4.90 Å². The predicted octanol–water partition coefficient (Wildman–Crippen LogP) is 4.71. The number of pyridine rings is 1.